The number of benzene rings is 1. The van der Waals surface area contributed by atoms with Crippen LogP contribution in [0.15, 0.2) is 36.4 Å². The largest absolute Gasteiger partial charge is 0.398 e. The average Bonchev–Trinajstić information content (AvgIpc) is 2.77. The lowest BCUT2D eigenvalue weighted by atomic mass is 10.0. The molecule has 0 aliphatic carbocycles. The van der Waals surface area contributed by atoms with Crippen molar-refractivity contribution in [2.24, 2.45) is 0 Å². The van der Waals surface area contributed by atoms with E-state index in [1.54, 1.807) is 11.3 Å². The summed E-state index contributed by atoms with van der Waals surface area (Å²) in [6.45, 7) is 2.14. The van der Waals surface area contributed by atoms with Gasteiger partial charge >= 0.3 is 0 Å². The zero-order valence-corrected chi connectivity index (χ0v) is 10.7. The van der Waals surface area contributed by atoms with Gasteiger partial charge in [0.2, 0.25) is 0 Å². The third-order valence-electron chi connectivity index (χ3n) is 2.82. The molecular weight excluding hydrogens is 230 g/mol. The molecule has 2 rings (SSSR count). The van der Waals surface area contributed by atoms with Crippen LogP contribution in [0, 0.1) is 0 Å². The maximum Gasteiger partial charge on any atom is 0.0858 e. The summed E-state index contributed by atoms with van der Waals surface area (Å²) in [4.78, 5) is 2.56. The second-order valence-corrected chi connectivity index (χ2v) is 5.32. The van der Waals surface area contributed by atoms with Crippen LogP contribution in [-0.4, -0.2) is 5.11 Å². The first-order chi connectivity index (χ1) is 8.20. The minimum Gasteiger partial charge on any atom is -0.398 e. The zero-order valence-electron chi connectivity index (χ0n) is 9.89. The third kappa shape index (κ3) is 2.87. The Bertz CT molecular complexity index is 492. The Morgan fingerprint density at radius 3 is 2.53 bits per heavy atom. The van der Waals surface area contributed by atoms with Crippen LogP contribution in [0.1, 0.15) is 28.3 Å². The normalized spacial score (nSPS) is 12.6. The van der Waals surface area contributed by atoms with Crippen molar-refractivity contribution in [1.82, 2.24) is 0 Å². The van der Waals surface area contributed by atoms with E-state index in [0.717, 1.165) is 12.0 Å². The molecule has 0 aliphatic heterocycles. The number of aryl methyl sites for hydroxylation is 1. The van der Waals surface area contributed by atoms with E-state index in [4.69, 9.17) is 5.73 Å². The van der Waals surface area contributed by atoms with E-state index in [2.05, 4.69) is 19.1 Å². The number of nitrogens with two attached hydrogens (primary N) is 1. The first-order valence-electron chi connectivity index (χ1n) is 5.80. The molecule has 1 aromatic carbocycles. The van der Waals surface area contributed by atoms with Gasteiger partial charge in [-0.05, 0) is 24.6 Å². The van der Waals surface area contributed by atoms with Crippen LogP contribution >= 0.6 is 11.3 Å². The van der Waals surface area contributed by atoms with E-state index in [-0.39, 0.29) is 0 Å². The lowest BCUT2D eigenvalue weighted by Crippen LogP contribution is -2.04. The number of nitrogen functional groups attached to an aromatic ring is 1. The molecule has 0 aliphatic rings. The smallest absolute Gasteiger partial charge is 0.0858 e. The van der Waals surface area contributed by atoms with Gasteiger partial charge in [-0.15, -0.1) is 11.3 Å². The number of aliphatic hydroxyl groups is 1. The molecule has 1 aromatic heterocycles. The van der Waals surface area contributed by atoms with Gasteiger partial charge in [0, 0.05) is 27.4 Å². The monoisotopic (exact) mass is 247 g/mol. The molecule has 3 heteroatoms. The van der Waals surface area contributed by atoms with Gasteiger partial charge in [-0.25, -0.2) is 0 Å². The fourth-order valence-electron chi connectivity index (χ4n) is 1.84. The molecule has 0 saturated heterocycles. The van der Waals surface area contributed by atoms with Crippen LogP contribution in [0.3, 0.4) is 0 Å². The van der Waals surface area contributed by atoms with Gasteiger partial charge < -0.3 is 10.8 Å². The molecule has 2 nitrogen and oxygen atoms in total. The first kappa shape index (κ1) is 12.1. The van der Waals surface area contributed by atoms with Crippen molar-refractivity contribution < 1.29 is 5.11 Å². The SMILES string of the molecule is CCc1ccc(CC(O)c2ccccc2N)s1. The number of para-hydroxylation sites is 1. The summed E-state index contributed by atoms with van der Waals surface area (Å²) in [7, 11) is 0. The topological polar surface area (TPSA) is 46.2 Å². The number of rotatable bonds is 4. The Labute approximate surface area is 106 Å². The highest BCUT2D eigenvalue weighted by Crippen LogP contribution is 2.26. The second kappa shape index (κ2) is 5.34. The maximum absolute atomic E-state index is 10.2. The van der Waals surface area contributed by atoms with E-state index in [1.807, 2.05) is 24.3 Å². The molecule has 2 aromatic rings. The minimum absolute atomic E-state index is 0.514. The lowest BCUT2D eigenvalue weighted by Gasteiger charge is -2.12. The van der Waals surface area contributed by atoms with Crippen molar-refractivity contribution in [3.63, 3.8) is 0 Å². The van der Waals surface area contributed by atoms with Crippen LogP contribution in [-0.2, 0) is 12.8 Å². The number of aliphatic hydroxyl groups excluding tert-OH is 1. The highest BCUT2D eigenvalue weighted by atomic mass is 32.1. The van der Waals surface area contributed by atoms with Crippen molar-refractivity contribution >= 4 is 17.0 Å². The van der Waals surface area contributed by atoms with Gasteiger partial charge in [-0.1, -0.05) is 25.1 Å². The number of thiophene rings is 1. The van der Waals surface area contributed by atoms with E-state index in [1.165, 1.54) is 9.75 Å². The number of hydrogen-bond donors (Lipinski definition) is 2. The van der Waals surface area contributed by atoms with Crippen LogP contribution in [0.5, 0.6) is 0 Å². The van der Waals surface area contributed by atoms with Crippen molar-refractivity contribution in [2.75, 3.05) is 5.73 Å². The van der Waals surface area contributed by atoms with Gasteiger partial charge in [-0.3, -0.25) is 0 Å². The summed E-state index contributed by atoms with van der Waals surface area (Å²) >= 11 is 1.76. The highest BCUT2D eigenvalue weighted by Gasteiger charge is 2.12. The summed E-state index contributed by atoms with van der Waals surface area (Å²) in [5.74, 6) is 0. The van der Waals surface area contributed by atoms with Crippen LogP contribution in [0.2, 0.25) is 0 Å². The number of hydrogen-bond acceptors (Lipinski definition) is 3. The lowest BCUT2D eigenvalue weighted by molar-refractivity contribution is 0.180. The Hall–Kier alpha value is -1.32. The molecule has 0 bridgehead atoms. The Kier molecular flexibility index (Phi) is 3.82. The Balaban J connectivity index is 2.11. The van der Waals surface area contributed by atoms with Gasteiger partial charge in [0.15, 0.2) is 0 Å². The third-order valence-corrected chi connectivity index (χ3v) is 4.07. The van der Waals surface area contributed by atoms with Crippen molar-refractivity contribution in [3.05, 3.63) is 51.7 Å². The van der Waals surface area contributed by atoms with Crippen LogP contribution in [0.25, 0.3) is 0 Å². The van der Waals surface area contributed by atoms with Gasteiger partial charge in [0.1, 0.15) is 0 Å². The van der Waals surface area contributed by atoms with E-state index in [0.29, 0.717) is 12.1 Å². The fraction of sp³-hybridized carbons (Fsp3) is 0.286. The fourth-order valence-corrected chi connectivity index (χ4v) is 2.83. The van der Waals surface area contributed by atoms with E-state index >= 15 is 0 Å². The van der Waals surface area contributed by atoms with Crippen molar-refractivity contribution in [1.29, 1.82) is 0 Å². The molecule has 1 unspecified atom stereocenters. The molecule has 0 fully saturated rings. The molecule has 1 atom stereocenters. The number of anilines is 1. The molecule has 0 amide bonds. The zero-order chi connectivity index (χ0) is 12.3. The Morgan fingerprint density at radius 1 is 1.18 bits per heavy atom. The minimum atomic E-state index is -0.514. The summed E-state index contributed by atoms with van der Waals surface area (Å²) in [5.41, 5.74) is 7.33. The molecule has 3 N–H and O–H groups in total. The first-order valence-corrected chi connectivity index (χ1v) is 6.62. The van der Waals surface area contributed by atoms with Crippen molar-refractivity contribution in [3.8, 4) is 0 Å². The molecule has 90 valence electrons. The predicted molar refractivity (Wildman–Crippen MR) is 73.2 cm³/mol. The molecule has 0 radical (unpaired) electrons. The molecule has 17 heavy (non-hydrogen) atoms. The molecule has 1 heterocycles. The Morgan fingerprint density at radius 2 is 1.88 bits per heavy atom. The molecule has 0 spiro atoms. The predicted octanol–water partition coefficient (Wildman–Crippen LogP) is 3.17. The molecule has 0 saturated carbocycles. The van der Waals surface area contributed by atoms with Gasteiger partial charge in [0.05, 0.1) is 6.10 Å². The summed E-state index contributed by atoms with van der Waals surface area (Å²) in [5, 5.41) is 10.2. The summed E-state index contributed by atoms with van der Waals surface area (Å²) in [6.07, 6.45) is 1.17. The molecular formula is C14H17NOS. The van der Waals surface area contributed by atoms with Crippen LogP contribution < -0.4 is 5.73 Å². The van der Waals surface area contributed by atoms with Crippen LogP contribution in [0.4, 0.5) is 5.69 Å². The summed E-state index contributed by atoms with van der Waals surface area (Å²) < 4.78 is 0. The van der Waals surface area contributed by atoms with Gasteiger partial charge in [0.25, 0.3) is 0 Å². The highest BCUT2D eigenvalue weighted by molar-refractivity contribution is 7.11. The van der Waals surface area contributed by atoms with Crippen molar-refractivity contribution in [2.45, 2.75) is 25.9 Å². The standard InChI is InChI=1S/C14H17NOS/c1-2-10-7-8-11(17-10)9-14(16)12-5-3-4-6-13(12)15/h3-8,14,16H,2,9,15H2,1H3. The van der Waals surface area contributed by atoms with E-state index in [9.17, 15) is 5.11 Å². The average molecular weight is 247 g/mol. The van der Waals surface area contributed by atoms with E-state index < -0.39 is 6.10 Å². The quantitative estimate of drug-likeness (QED) is 0.815. The summed E-state index contributed by atoms with van der Waals surface area (Å²) in [6, 6.07) is 11.7. The second-order valence-electron chi connectivity index (χ2n) is 4.07. The maximum atomic E-state index is 10.2. The van der Waals surface area contributed by atoms with Gasteiger partial charge in [-0.2, -0.15) is 0 Å².